The molecule has 2 aliphatic rings. The number of carbonyl (C=O) groups is 2. The lowest BCUT2D eigenvalue weighted by molar-refractivity contribution is -0.123. The van der Waals surface area contributed by atoms with Gasteiger partial charge >= 0.3 is 0 Å². The molecule has 2 heterocycles. The largest absolute Gasteiger partial charge is 0.352 e. The fourth-order valence-corrected chi connectivity index (χ4v) is 5.11. The van der Waals surface area contributed by atoms with Gasteiger partial charge in [-0.05, 0) is 61.9 Å². The molecular weight excluding hydrogens is 422 g/mol. The minimum atomic E-state index is -0.353. The van der Waals surface area contributed by atoms with Crippen molar-refractivity contribution in [1.82, 2.24) is 15.5 Å². The summed E-state index contributed by atoms with van der Waals surface area (Å²) in [5.74, 6) is 0.149. The third-order valence-electron chi connectivity index (χ3n) is 6.64. The Balaban J connectivity index is 1.29. The number of halogens is 1. The summed E-state index contributed by atoms with van der Waals surface area (Å²) in [6, 6.07) is 18.4. The molecular formula is C26H32ClN3O2. The Morgan fingerprint density at radius 2 is 1.91 bits per heavy atom. The van der Waals surface area contributed by atoms with Crippen molar-refractivity contribution in [3.8, 4) is 0 Å². The molecule has 0 radical (unpaired) electrons. The van der Waals surface area contributed by atoms with Gasteiger partial charge in [-0.2, -0.15) is 0 Å². The van der Waals surface area contributed by atoms with Crippen LogP contribution in [0.2, 0.25) is 5.02 Å². The van der Waals surface area contributed by atoms with Crippen LogP contribution in [0.25, 0.3) is 0 Å². The van der Waals surface area contributed by atoms with Crippen LogP contribution in [0.1, 0.15) is 49.7 Å². The molecule has 2 saturated heterocycles. The van der Waals surface area contributed by atoms with Crippen molar-refractivity contribution in [2.24, 2.45) is 0 Å². The van der Waals surface area contributed by atoms with E-state index < -0.39 is 0 Å². The molecule has 5 nitrogen and oxygen atoms in total. The van der Waals surface area contributed by atoms with Gasteiger partial charge in [0, 0.05) is 42.5 Å². The number of rotatable bonds is 8. The van der Waals surface area contributed by atoms with Gasteiger partial charge in [0.15, 0.2) is 0 Å². The molecule has 0 bridgehead atoms. The highest BCUT2D eigenvalue weighted by molar-refractivity contribution is 6.30. The average molecular weight is 454 g/mol. The van der Waals surface area contributed by atoms with Crippen molar-refractivity contribution >= 4 is 23.4 Å². The number of amides is 2. The van der Waals surface area contributed by atoms with E-state index in [-0.39, 0.29) is 23.4 Å². The normalized spacial score (nSPS) is 23.7. The van der Waals surface area contributed by atoms with E-state index >= 15 is 0 Å². The Morgan fingerprint density at radius 1 is 1.12 bits per heavy atom. The van der Waals surface area contributed by atoms with Crippen LogP contribution in [0, 0.1) is 0 Å². The van der Waals surface area contributed by atoms with Crippen LogP contribution in [-0.4, -0.2) is 41.4 Å². The summed E-state index contributed by atoms with van der Waals surface area (Å²) < 4.78 is 0. The van der Waals surface area contributed by atoms with E-state index in [0.717, 1.165) is 50.9 Å². The highest BCUT2D eigenvalue weighted by atomic mass is 35.5. The zero-order valence-corrected chi connectivity index (χ0v) is 19.2. The standard InChI is InChI=1S/C26H32ClN3O2/c27-22-10-8-20(9-11-22)17-26(15-13-25(32)29-26)14-12-24(31)28-23-7-4-16-30(19-23)18-21-5-2-1-3-6-21/h1-3,5-6,8-11,23H,4,7,12-19H2,(H,28,31)(H,29,32). The van der Waals surface area contributed by atoms with Gasteiger partial charge in [0.1, 0.15) is 0 Å². The summed E-state index contributed by atoms with van der Waals surface area (Å²) in [4.78, 5) is 27.2. The Labute approximate surface area is 195 Å². The third-order valence-corrected chi connectivity index (χ3v) is 6.89. The third kappa shape index (κ3) is 6.33. The summed E-state index contributed by atoms with van der Waals surface area (Å²) in [5, 5.41) is 7.11. The number of nitrogens with zero attached hydrogens (tertiary/aromatic N) is 1. The first-order valence-electron chi connectivity index (χ1n) is 11.6. The minimum Gasteiger partial charge on any atom is -0.352 e. The predicted molar refractivity (Wildman–Crippen MR) is 127 cm³/mol. The van der Waals surface area contributed by atoms with E-state index in [1.807, 2.05) is 30.3 Å². The lowest BCUT2D eigenvalue weighted by atomic mass is 9.85. The molecule has 170 valence electrons. The topological polar surface area (TPSA) is 61.4 Å². The molecule has 6 heteroatoms. The minimum absolute atomic E-state index is 0.0724. The van der Waals surface area contributed by atoms with Crippen LogP contribution in [-0.2, 0) is 22.6 Å². The van der Waals surface area contributed by atoms with E-state index in [1.54, 1.807) is 0 Å². The average Bonchev–Trinajstić information content (AvgIpc) is 3.15. The SMILES string of the molecule is O=C(CCC1(Cc2ccc(Cl)cc2)CCC(=O)N1)NC1CCCN(Cc2ccccc2)C1. The van der Waals surface area contributed by atoms with Gasteiger partial charge in [0.25, 0.3) is 0 Å². The van der Waals surface area contributed by atoms with Gasteiger partial charge in [-0.3, -0.25) is 14.5 Å². The lowest BCUT2D eigenvalue weighted by Gasteiger charge is -2.34. The van der Waals surface area contributed by atoms with Crippen molar-refractivity contribution in [3.63, 3.8) is 0 Å². The number of piperidine rings is 1. The molecule has 2 aromatic carbocycles. The Kier molecular flexibility index (Phi) is 7.48. The van der Waals surface area contributed by atoms with Crippen molar-refractivity contribution in [1.29, 1.82) is 0 Å². The van der Waals surface area contributed by atoms with Crippen molar-refractivity contribution in [2.45, 2.75) is 63.1 Å². The monoisotopic (exact) mass is 453 g/mol. The van der Waals surface area contributed by atoms with Crippen molar-refractivity contribution in [2.75, 3.05) is 13.1 Å². The van der Waals surface area contributed by atoms with Crippen LogP contribution in [0.15, 0.2) is 54.6 Å². The molecule has 0 aliphatic carbocycles. The molecule has 2 unspecified atom stereocenters. The molecule has 2 fully saturated rings. The molecule has 4 rings (SSSR count). The zero-order chi connectivity index (χ0) is 22.4. The quantitative estimate of drug-likeness (QED) is 0.632. The van der Waals surface area contributed by atoms with Crippen LogP contribution < -0.4 is 10.6 Å². The maximum atomic E-state index is 12.8. The number of carbonyl (C=O) groups excluding carboxylic acids is 2. The predicted octanol–water partition coefficient (Wildman–Crippen LogP) is 4.09. The lowest BCUT2D eigenvalue weighted by Crippen LogP contribution is -2.48. The number of benzene rings is 2. The summed E-state index contributed by atoms with van der Waals surface area (Å²) in [6.07, 6.45) is 5.18. The first-order chi connectivity index (χ1) is 15.5. The van der Waals surface area contributed by atoms with Gasteiger partial charge in [0.2, 0.25) is 11.8 Å². The smallest absolute Gasteiger partial charge is 0.220 e. The first-order valence-corrected chi connectivity index (χ1v) is 12.0. The van der Waals surface area contributed by atoms with Gasteiger partial charge in [0.05, 0.1) is 0 Å². The van der Waals surface area contributed by atoms with Crippen LogP contribution in [0.4, 0.5) is 0 Å². The molecule has 32 heavy (non-hydrogen) atoms. The van der Waals surface area contributed by atoms with Crippen molar-refractivity contribution in [3.05, 3.63) is 70.7 Å². The highest BCUT2D eigenvalue weighted by Crippen LogP contribution is 2.30. The molecule has 2 aliphatic heterocycles. The zero-order valence-electron chi connectivity index (χ0n) is 18.5. The number of nitrogens with one attached hydrogen (secondary N) is 2. The number of hydrogen-bond donors (Lipinski definition) is 2. The Morgan fingerprint density at radius 3 is 2.62 bits per heavy atom. The fourth-order valence-electron chi connectivity index (χ4n) is 4.99. The fraction of sp³-hybridized carbons (Fsp3) is 0.462. The molecule has 0 spiro atoms. The summed E-state index contributed by atoms with van der Waals surface area (Å²) in [7, 11) is 0. The Bertz CT molecular complexity index is 918. The van der Waals surface area contributed by atoms with E-state index in [9.17, 15) is 9.59 Å². The summed E-state index contributed by atoms with van der Waals surface area (Å²) in [6.45, 7) is 2.87. The molecule has 2 aromatic rings. The van der Waals surface area contributed by atoms with E-state index in [2.05, 4.69) is 39.8 Å². The second kappa shape index (κ2) is 10.5. The number of likely N-dealkylation sites (tertiary alicyclic amines) is 1. The highest BCUT2D eigenvalue weighted by Gasteiger charge is 2.38. The van der Waals surface area contributed by atoms with E-state index in [0.29, 0.717) is 24.3 Å². The number of hydrogen-bond acceptors (Lipinski definition) is 3. The van der Waals surface area contributed by atoms with Gasteiger partial charge in [-0.1, -0.05) is 54.1 Å². The molecule has 0 saturated carbocycles. The maximum absolute atomic E-state index is 12.8. The van der Waals surface area contributed by atoms with Gasteiger partial charge in [-0.25, -0.2) is 0 Å². The van der Waals surface area contributed by atoms with Crippen LogP contribution in [0.3, 0.4) is 0 Å². The summed E-state index contributed by atoms with van der Waals surface area (Å²) in [5.41, 5.74) is 2.08. The van der Waals surface area contributed by atoms with E-state index in [1.165, 1.54) is 5.56 Å². The summed E-state index contributed by atoms with van der Waals surface area (Å²) >= 11 is 6.01. The van der Waals surface area contributed by atoms with Gasteiger partial charge < -0.3 is 10.6 Å². The molecule has 0 aromatic heterocycles. The van der Waals surface area contributed by atoms with E-state index in [4.69, 9.17) is 11.6 Å². The van der Waals surface area contributed by atoms with Crippen LogP contribution >= 0.6 is 11.6 Å². The Hall–Kier alpha value is -2.37. The second-order valence-corrected chi connectivity index (χ2v) is 9.70. The van der Waals surface area contributed by atoms with Crippen LogP contribution in [0.5, 0.6) is 0 Å². The first kappa shape index (κ1) is 22.8. The molecule has 2 atom stereocenters. The molecule has 2 amide bonds. The van der Waals surface area contributed by atoms with Crippen molar-refractivity contribution < 1.29 is 9.59 Å². The van der Waals surface area contributed by atoms with Gasteiger partial charge in [-0.15, -0.1) is 0 Å². The maximum Gasteiger partial charge on any atom is 0.220 e. The molecule has 2 N–H and O–H groups in total. The second-order valence-electron chi connectivity index (χ2n) is 9.26.